The summed E-state index contributed by atoms with van der Waals surface area (Å²) in [4.78, 5) is 24.6. The van der Waals surface area contributed by atoms with Crippen molar-refractivity contribution in [1.29, 1.82) is 0 Å². The molecule has 1 amide bonds. The summed E-state index contributed by atoms with van der Waals surface area (Å²) in [6, 6.07) is 14.0. The molecule has 0 aliphatic heterocycles. The molecule has 2 atom stereocenters. The number of ether oxygens (including phenoxy) is 3. The fourth-order valence-electron chi connectivity index (χ4n) is 2.69. The largest absolute Gasteiger partial charge is 0.491 e. The van der Waals surface area contributed by atoms with Crippen molar-refractivity contribution in [3.8, 4) is 5.75 Å². The van der Waals surface area contributed by atoms with Crippen LogP contribution in [0, 0.1) is 0 Å². The van der Waals surface area contributed by atoms with E-state index < -0.39 is 24.3 Å². The fourth-order valence-corrected chi connectivity index (χ4v) is 3.10. The molecule has 0 unspecified atom stereocenters. The number of thioether (sulfide) groups is 1. The lowest BCUT2D eigenvalue weighted by Crippen LogP contribution is -2.27. The number of amides is 1. The summed E-state index contributed by atoms with van der Waals surface area (Å²) in [5.74, 6) is -0.690. The van der Waals surface area contributed by atoms with Crippen LogP contribution in [-0.4, -0.2) is 55.0 Å². The molecular weight excluding hydrogens is 422 g/mol. The standard InChI is InChI=1S/C22H25NO7S/c1-28-19(10-11-20(25)26)21(15-4-3-5-17(14-15)29-13-12-24)30-22(27)23-16-6-8-18(31-2)9-7-16/h3-11,14,19,21,24H,12-13H2,1-2H3,(H,23,27)(H,25,26)/b11-10+/t19-,21-/m1/s1. The SMILES string of the molecule is CO[C@H](/C=C/C(=O)O)[C@H](OC(=O)Nc1ccc(SC)cc1)c1cccc(OCCO)c1. The first-order valence-electron chi connectivity index (χ1n) is 9.36. The van der Waals surface area contributed by atoms with E-state index in [-0.39, 0.29) is 13.2 Å². The highest BCUT2D eigenvalue weighted by Crippen LogP contribution is 2.28. The summed E-state index contributed by atoms with van der Waals surface area (Å²) in [5.41, 5.74) is 1.09. The Hall–Kier alpha value is -3.01. The third kappa shape index (κ3) is 7.97. The molecule has 0 saturated heterocycles. The summed E-state index contributed by atoms with van der Waals surface area (Å²) < 4.78 is 16.4. The summed E-state index contributed by atoms with van der Waals surface area (Å²) >= 11 is 1.58. The normalized spacial score (nSPS) is 12.9. The zero-order valence-electron chi connectivity index (χ0n) is 17.2. The van der Waals surface area contributed by atoms with Crippen molar-refractivity contribution >= 4 is 29.5 Å². The van der Waals surface area contributed by atoms with Crippen LogP contribution in [0.5, 0.6) is 5.75 Å². The van der Waals surface area contributed by atoms with E-state index in [1.165, 1.54) is 13.2 Å². The number of aliphatic hydroxyl groups excluding tert-OH is 1. The Kier molecular flexibility index (Phi) is 9.89. The molecular formula is C22H25NO7S. The Morgan fingerprint density at radius 2 is 1.94 bits per heavy atom. The lowest BCUT2D eigenvalue weighted by molar-refractivity contribution is -0.131. The van der Waals surface area contributed by atoms with Crippen LogP contribution in [0.15, 0.2) is 65.6 Å². The molecule has 0 spiro atoms. The number of anilines is 1. The van der Waals surface area contributed by atoms with Gasteiger partial charge in [-0.15, -0.1) is 11.8 Å². The molecule has 0 fully saturated rings. The summed E-state index contributed by atoms with van der Waals surface area (Å²) in [6.45, 7) is -0.0436. The van der Waals surface area contributed by atoms with E-state index in [0.717, 1.165) is 11.0 Å². The van der Waals surface area contributed by atoms with Crippen molar-refractivity contribution in [2.75, 3.05) is 31.9 Å². The first kappa shape index (κ1) is 24.3. The Morgan fingerprint density at radius 3 is 2.55 bits per heavy atom. The molecule has 2 rings (SSSR count). The van der Waals surface area contributed by atoms with Crippen molar-refractivity contribution in [3.05, 3.63) is 66.2 Å². The fraction of sp³-hybridized carbons (Fsp3) is 0.273. The number of rotatable bonds is 11. The number of aliphatic carboxylic acids is 1. The number of carbonyl (C=O) groups excluding carboxylic acids is 1. The van der Waals surface area contributed by atoms with E-state index in [9.17, 15) is 9.59 Å². The second-order valence-corrected chi connectivity index (χ2v) is 7.10. The molecule has 31 heavy (non-hydrogen) atoms. The molecule has 9 heteroatoms. The van der Waals surface area contributed by atoms with Gasteiger partial charge in [0, 0.05) is 23.8 Å². The summed E-state index contributed by atoms with van der Waals surface area (Å²) in [7, 11) is 1.39. The minimum atomic E-state index is -1.15. The van der Waals surface area contributed by atoms with Crippen LogP contribution in [0.2, 0.25) is 0 Å². The Morgan fingerprint density at radius 1 is 1.19 bits per heavy atom. The highest BCUT2D eigenvalue weighted by molar-refractivity contribution is 7.98. The highest BCUT2D eigenvalue weighted by atomic mass is 32.2. The van der Waals surface area contributed by atoms with Gasteiger partial charge in [-0.1, -0.05) is 12.1 Å². The number of hydrogen-bond acceptors (Lipinski definition) is 7. The zero-order chi connectivity index (χ0) is 22.6. The van der Waals surface area contributed by atoms with Gasteiger partial charge in [0.15, 0.2) is 6.10 Å². The second-order valence-electron chi connectivity index (χ2n) is 6.22. The van der Waals surface area contributed by atoms with E-state index in [2.05, 4.69) is 5.32 Å². The maximum atomic E-state index is 12.6. The van der Waals surface area contributed by atoms with Crippen molar-refractivity contribution < 1.29 is 34.0 Å². The Balaban J connectivity index is 2.25. The molecule has 2 aromatic rings. The minimum Gasteiger partial charge on any atom is -0.491 e. The average molecular weight is 448 g/mol. The van der Waals surface area contributed by atoms with Crippen molar-refractivity contribution in [2.24, 2.45) is 0 Å². The maximum absolute atomic E-state index is 12.6. The predicted octanol–water partition coefficient (Wildman–Crippen LogP) is 3.73. The number of nitrogens with one attached hydrogen (secondary N) is 1. The van der Waals surface area contributed by atoms with Crippen molar-refractivity contribution in [1.82, 2.24) is 0 Å². The molecule has 0 aliphatic rings. The average Bonchev–Trinajstić information content (AvgIpc) is 2.77. The van der Waals surface area contributed by atoms with E-state index >= 15 is 0 Å². The van der Waals surface area contributed by atoms with Crippen molar-refractivity contribution in [2.45, 2.75) is 17.1 Å². The first-order chi connectivity index (χ1) is 15.0. The van der Waals surface area contributed by atoms with Crippen molar-refractivity contribution in [3.63, 3.8) is 0 Å². The summed E-state index contributed by atoms with van der Waals surface area (Å²) in [5, 5.41) is 20.6. The van der Waals surface area contributed by atoms with Crippen LogP contribution < -0.4 is 10.1 Å². The van der Waals surface area contributed by atoms with Gasteiger partial charge in [0.1, 0.15) is 18.5 Å². The van der Waals surface area contributed by atoms with Gasteiger partial charge >= 0.3 is 12.1 Å². The monoisotopic (exact) mass is 447 g/mol. The van der Waals surface area contributed by atoms with Gasteiger partial charge in [-0.2, -0.15) is 0 Å². The zero-order valence-corrected chi connectivity index (χ0v) is 18.0. The second kappa shape index (κ2) is 12.6. The number of hydrogen-bond donors (Lipinski definition) is 3. The smallest absolute Gasteiger partial charge is 0.412 e. The third-order valence-corrected chi connectivity index (χ3v) is 4.86. The lowest BCUT2D eigenvalue weighted by atomic mass is 10.0. The maximum Gasteiger partial charge on any atom is 0.412 e. The molecule has 0 heterocycles. The molecule has 0 radical (unpaired) electrons. The van der Waals surface area contributed by atoms with E-state index in [4.69, 9.17) is 24.4 Å². The van der Waals surface area contributed by atoms with Crippen LogP contribution >= 0.6 is 11.8 Å². The Labute approximate surface area is 184 Å². The van der Waals surface area contributed by atoms with Crippen LogP contribution in [0.25, 0.3) is 0 Å². The van der Waals surface area contributed by atoms with Gasteiger partial charge in [0.2, 0.25) is 0 Å². The van der Waals surface area contributed by atoms with E-state index in [1.807, 2.05) is 18.4 Å². The number of carbonyl (C=O) groups is 2. The topological polar surface area (TPSA) is 114 Å². The van der Waals surface area contributed by atoms with Gasteiger partial charge in [-0.05, 0) is 54.3 Å². The van der Waals surface area contributed by atoms with Gasteiger partial charge in [-0.3, -0.25) is 5.32 Å². The van der Waals surface area contributed by atoms with E-state index in [1.54, 1.807) is 48.2 Å². The highest BCUT2D eigenvalue weighted by Gasteiger charge is 2.26. The van der Waals surface area contributed by atoms with Crippen LogP contribution in [0.4, 0.5) is 10.5 Å². The first-order valence-corrected chi connectivity index (χ1v) is 10.6. The van der Waals surface area contributed by atoms with Gasteiger partial charge in [-0.25, -0.2) is 9.59 Å². The molecule has 2 aromatic carbocycles. The number of carboxylic acids is 1. The quantitative estimate of drug-likeness (QED) is 0.353. The van der Waals surface area contributed by atoms with Crippen LogP contribution in [0.1, 0.15) is 11.7 Å². The van der Waals surface area contributed by atoms with Crippen LogP contribution in [0.3, 0.4) is 0 Å². The number of methoxy groups -OCH3 is 1. The molecule has 8 nitrogen and oxygen atoms in total. The Bertz CT molecular complexity index is 886. The van der Waals surface area contributed by atoms with E-state index in [0.29, 0.717) is 17.0 Å². The van der Waals surface area contributed by atoms with Gasteiger partial charge in [0.25, 0.3) is 0 Å². The molecule has 0 bridgehead atoms. The molecule has 0 saturated carbocycles. The molecule has 166 valence electrons. The number of carboxylic acid groups (broad SMARTS) is 1. The minimum absolute atomic E-state index is 0.105. The summed E-state index contributed by atoms with van der Waals surface area (Å²) in [6.07, 6.45) is 1.63. The van der Waals surface area contributed by atoms with Gasteiger partial charge < -0.3 is 24.4 Å². The van der Waals surface area contributed by atoms with Crippen LogP contribution in [-0.2, 0) is 14.3 Å². The predicted molar refractivity (Wildman–Crippen MR) is 118 cm³/mol. The lowest BCUT2D eigenvalue weighted by Gasteiger charge is -2.24. The molecule has 3 N–H and O–H groups in total. The molecule has 0 aliphatic carbocycles. The molecule has 0 aromatic heterocycles. The number of benzene rings is 2. The van der Waals surface area contributed by atoms with Gasteiger partial charge in [0.05, 0.1) is 6.61 Å². The number of aliphatic hydroxyl groups is 1. The third-order valence-electron chi connectivity index (χ3n) is 4.12.